The molecule has 5 nitrogen and oxygen atoms in total. The predicted octanol–water partition coefficient (Wildman–Crippen LogP) is 13.9. The second-order valence-corrected chi connectivity index (χ2v) is 17.6. The van der Waals surface area contributed by atoms with Crippen molar-refractivity contribution >= 4 is 75.7 Å². The van der Waals surface area contributed by atoms with Gasteiger partial charge in [-0.3, -0.25) is 0 Å². The molecule has 4 heterocycles. The molecule has 12 rings (SSSR count). The van der Waals surface area contributed by atoms with Crippen molar-refractivity contribution in [3.8, 4) is 11.4 Å². The molecule has 0 radical (unpaired) electrons. The molecule has 0 spiro atoms. The van der Waals surface area contributed by atoms with Crippen molar-refractivity contribution in [2.24, 2.45) is 0 Å². The fraction of sp³-hybridized carbons (Fsp3) is 0. The molecular formula is C52H34N4OS. The average molecular weight is 763 g/mol. The van der Waals surface area contributed by atoms with Gasteiger partial charge in [0.2, 0.25) is 5.71 Å². The van der Waals surface area contributed by atoms with Gasteiger partial charge < -0.3 is 13.6 Å². The SMILES string of the molecule is c1ccc(S(c2ccccc2)(c2ccccc2)c2ncc3c(n2)oc2cccc(-n4c5ccccc5c5cc(-n6c7ccccc7c7ccccc76)ccc54)c23)cc1. The lowest BCUT2D eigenvalue weighted by atomic mass is 10.1. The normalized spacial score (nSPS) is 12.4. The summed E-state index contributed by atoms with van der Waals surface area (Å²) in [6.45, 7) is 0. The van der Waals surface area contributed by atoms with Gasteiger partial charge in [0.15, 0.2) is 5.16 Å². The number of benzene rings is 8. The van der Waals surface area contributed by atoms with E-state index in [0.29, 0.717) is 5.71 Å². The highest BCUT2D eigenvalue weighted by atomic mass is 32.3. The van der Waals surface area contributed by atoms with Gasteiger partial charge in [-0.05, 0) is 84.9 Å². The van der Waals surface area contributed by atoms with Gasteiger partial charge in [0.05, 0.1) is 38.5 Å². The molecule has 0 aliphatic heterocycles. The van der Waals surface area contributed by atoms with Crippen LogP contribution in [0.2, 0.25) is 0 Å². The molecule has 58 heavy (non-hydrogen) atoms. The van der Waals surface area contributed by atoms with Gasteiger partial charge >= 0.3 is 0 Å². The summed E-state index contributed by atoms with van der Waals surface area (Å²) in [5.41, 5.74) is 8.12. The Bertz CT molecular complexity index is 3370. The summed E-state index contributed by atoms with van der Waals surface area (Å²) in [6, 6.07) is 71.2. The van der Waals surface area contributed by atoms with E-state index in [1.54, 1.807) is 0 Å². The number of nitrogens with zero attached hydrogens (tertiary/aromatic N) is 4. The monoisotopic (exact) mass is 762 g/mol. The lowest BCUT2D eigenvalue weighted by molar-refractivity contribution is 0.645. The molecule has 0 aliphatic carbocycles. The second kappa shape index (κ2) is 12.8. The third-order valence-electron chi connectivity index (χ3n) is 11.5. The number of fused-ring (bicyclic) bond motifs is 9. The van der Waals surface area contributed by atoms with Crippen LogP contribution in [-0.2, 0) is 0 Å². The van der Waals surface area contributed by atoms with Crippen LogP contribution in [0.15, 0.2) is 231 Å². The fourth-order valence-electron chi connectivity index (χ4n) is 9.07. The minimum atomic E-state index is -2.09. The maximum atomic E-state index is 6.75. The van der Waals surface area contributed by atoms with Crippen LogP contribution in [0.4, 0.5) is 0 Å². The summed E-state index contributed by atoms with van der Waals surface area (Å²) < 4.78 is 11.5. The van der Waals surface area contributed by atoms with Crippen molar-refractivity contribution in [1.29, 1.82) is 0 Å². The lowest BCUT2D eigenvalue weighted by Crippen LogP contribution is -2.08. The molecule has 0 aliphatic rings. The van der Waals surface area contributed by atoms with Crippen molar-refractivity contribution in [2.45, 2.75) is 19.8 Å². The Balaban J connectivity index is 1.09. The van der Waals surface area contributed by atoms with Crippen molar-refractivity contribution in [3.63, 3.8) is 0 Å². The van der Waals surface area contributed by atoms with E-state index in [0.717, 1.165) is 58.6 Å². The minimum Gasteiger partial charge on any atom is -0.437 e. The molecule has 0 amide bonds. The molecule has 0 atom stereocenters. The molecule has 0 N–H and O–H groups in total. The Morgan fingerprint density at radius 2 is 0.914 bits per heavy atom. The smallest absolute Gasteiger partial charge is 0.231 e. The van der Waals surface area contributed by atoms with E-state index in [4.69, 9.17) is 14.4 Å². The van der Waals surface area contributed by atoms with Crippen LogP contribution in [0, 0.1) is 0 Å². The first-order chi connectivity index (χ1) is 28.8. The number of hydrogen-bond donors (Lipinski definition) is 0. The van der Waals surface area contributed by atoms with Crippen LogP contribution in [0.5, 0.6) is 0 Å². The summed E-state index contributed by atoms with van der Waals surface area (Å²) >= 11 is 0. The molecule has 6 heteroatoms. The highest BCUT2D eigenvalue weighted by Gasteiger charge is 2.36. The van der Waals surface area contributed by atoms with Gasteiger partial charge in [-0.2, -0.15) is 4.98 Å². The third-order valence-corrected chi connectivity index (χ3v) is 15.2. The van der Waals surface area contributed by atoms with E-state index < -0.39 is 10.0 Å². The van der Waals surface area contributed by atoms with E-state index in [2.05, 4.69) is 203 Å². The molecule has 12 aromatic rings. The first kappa shape index (κ1) is 32.8. The summed E-state index contributed by atoms with van der Waals surface area (Å²) in [4.78, 5) is 14.2. The van der Waals surface area contributed by atoms with Crippen LogP contribution in [0.25, 0.3) is 77.1 Å². The van der Waals surface area contributed by atoms with Crippen LogP contribution in [0.1, 0.15) is 0 Å². The summed E-state index contributed by atoms with van der Waals surface area (Å²) in [5.74, 6) is 0. The maximum absolute atomic E-state index is 6.75. The van der Waals surface area contributed by atoms with E-state index in [1.807, 2.05) is 12.3 Å². The van der Waals surface area contributed by atoms with Crippen LogP contribution in [-0.4, -0.2) is 19.1 Å². The zero-order valence-corrected chi connectivity index (χ0v) is 32.1. The largest absolute Gasteiger partial charge is 0.437 e. The quantitative estimate of drug-likeness (QED) is 0.159. The van der Waals surface area contributed by atoms with Crippen molar-refractivity contribution in [1.82, 2.24) is 19.1 Å². The minimum absolute atomic E-state index is 0.571. The Morgan fingerprint density at radius 1 is 0.414 bits per heavy atom. The third kappa shape index (κ3) is 4.67. The molecule has 0 bridgehead atoms. The molecule has 274 valence electrons. The van der Waals surface area contributed by atoms with Crippen LogP contribution in [0.3, 0.4) is 0 Å². The number of hydrogen-bond acceptors (Lipinski definition) is 3. The first-order valence-electron chi connectivity index (χ1n) is 19.5. The second-order valence-electron chi connectivity index (χ2n) is 14.6. The standard InChI is InChI=1S/C52H34N4OS/c1-4-17-36(18-5-1)58(37-19-6-2-7-20-37,38-21-8-3-9-22-38)52-53-34-43-50-48(29-16-30-49(50)57-51(43)54-52)56-46-28-15-12-25-41(46)42-33-35(31-32-47(42)56)55-44-26-13-10-23-39(44)40-24-11-14-27-45(40)55/h1-34H. The fourth-order valence-corrected chi connectivity index (χ4v) is 12.6. The Kier molecular flexibility index (Phi) is 7.25. The van der Waals surface area contributed by atoms with Crippen molar-refractivity contribution in [2.75, 3.05) is 0 Å². The first-order valence-corrected chi connectivity index (χ1v) is 21.1. The topological polar surface area (TPSA) is 48.8 Å². The van der Waals surface area contributed by atoms with Crippen molar-refractivity contribution < 1.29 is 4.42 Å². The number of rotatable bonds is 6. The molecule has 0 saturated carbocycles. The highest BCUT2D eigenvalue weighted by molar-refractivity contribution is 8.33. The molecule has 0 unspecified atom stereocenters. The number of furan rings is 1. The van der Waals surface area contributed by atoms with E-state index in [-0.39, 0.29) is 0 Å². The van der Waals surface area contributed by atoms with Gasteiger partial charge in [0, 0.05) is 48.1 Å². The van der Waals surface area contributed by atoms with Crippen molar-refractivity contribution in [3.05, 3.63) is 206 Å². The van der Waals surface area contributed by atoms with Gasteiger partial charge in [-0.15, -0.1) is 0 Å². The number of aromatic nitrogens is 4. The van der Waals surface area contributed by atoms with E-state index in [1.165, 1.54) is 32.6 Å². The highest BCUT2D eigenvalue weighted by Crippen LogP contribution is 2.72. The van der Waals surface area contributed by atoms with E-state index >= 15 is 0 Å². The van der Waals surface area contributed by atoms with Crippen LogP contribution < -0.4 is 0 Å². The zero-order chi connectivity index (χ0) is 38.2. The zero-order valence-electron chi connectivity index (χ0n) is 31.2. The lowest BCUT2D eigenvalue weighted by Gasteiger charge is -2.39. The van der Waals surface area contributed by atoms with E-state index in [9.17, 15) is 0 Å². The van der Waals surface area contributed by atoms with Gasteiger partial charge in [0.1, 0.15) is 5.58 Å². The molecule has 0 fully saturated rings. The van der Waals surface area contributed by atoms with Gasteiger partial charge in [0.25, 0.3) is 0 Å². The Hall–Kier alpha value is -7.41. The maximum Gasteiger partial charge on any atom is 0.231 e. The molecule has 0 saturated heterocycles. The Labute approximate surface area is 335 Å². The van der Waals surface area contributed by atoms with Crippen LogP contribution >= 0.6 is 10.0 Å². The predicted molar refractivity (Wildman–Crippen MR) is 238 cm³/mol. The summed E-state index contributed by atoms with van der Waals surface area (Å²) in [6.07, 6.45) is 1.98. The Morgan fingerprint density at radius 3 is 1.50 bits per heavy atom. The average Bonchev–Trinajstić information content (AvgIpc) is 3.95. The molecule has 4 aromatic heterocycles. The summed E-state index contributed by atoms with van der Waals surface area (Å²) in [7, 11) is -2.09. The summed E-state index contributed by atoms with van der Waals surface area (Å²) in [5, 5.41) is 7.46. The molecular weight excluding hydrogens is 729 g/mol. The number of para-hydroxylation sites is 3. The van der Waals surface area contributed by atoms with Gasteiger partial charge in [-0.1, -0.05) is 125 Å². The molecule has 8 aromatic carbocycles. The van der Waals surface area contributed by atoms with Gasteiger partial charge in [-0.25, -0.2) is 4.98 Å².